The van der Waals surface area contributed by atoms with E-state index in [4.69, 9.17) is 5.73 Å². The van der Waals surface area contributed by atoms with Crippen molar-refractivity contribution in [2.75, 3.05) is 16.2 Å². The Kier molecular flexibility index (Phi) is 4.18. The van der Waals surface area contributed by atoms with Gasteiger partial charge in [0.1, 0.15) is 0 Å². The summed E-state index contributed by atoms with van der Waals surface area (Å²) in [6, 6.07) is 5.26. The first kappa shape index (κ1) is 12.8. The summed E-state index contributed by atoms with van der Waals surface area (Å²) in [5, 5.41) is 0. The third-order valence-corrected chi connectivity index (χ3v) is 3.60. The molecule has 0 heterocycles. The summed E-state index contributed by atoms with van der Waals surface area (Å²) in [4.78, 5) is 0. The number of unbranched alkanes of at least 4 members (excludes halogenated alkanes) is 1. The number of nitrogens with two attached hydrogens (primary N) is 1. The van der Waals surface area contributed by atoms with Crippen molar-refractivity contribution in [3.8, 4) is 0 Å². The fourth-order valence-corrected chi connectivity index (χ4v) is 2.62. The van der Waals surface area contributed by atoms with Gasteiger partial charge in [-0.3, -0.25) is 4.72 Å². The number of sulfonamides is 1. The van der Waals surface area contributed by atoms with Crippen LogP contribution >= 0.6 is 0 Å². The monoisotopic (exact) mass is 242 g/mol. The molecule has 1 aromatic rings. The molecule has 0 bridgehead atoms. The molecule has 0 aromatic heterocycles. The van der Waals surface area contributed by atoms with E-state index in [1.54, 1.807) is 12.1 Å². The van der Waals surface area contributed by atoms with Crippen LogP contribution in [0.4, 0.5) is 11.4 Å². The van der Waals surface area contributed by atoms with Crippen molar-refractivity contribution in [2.24, 2.45) is 0 Å². The molecule has 4 nitrogen and oxygen atoms in total. The minimum Gasteiger partial charge on any atom is -0.397 e. The van der Waals surface area contributed by atoms with Gasteiger partial charge < -0.3 is 5.73 Å². The van der Waals surface area contributed by atoms with E-state index in [1.165, 1.54) is 0 Å². The van der Waals surface area contributed by atoms with Crippen molar-refractivity contribution >= 4 is 21.4 Å². The smallest absolute Gasteiger partial charge is 0.232 e. The van der Waals surface area contributed by atoms with Crippen LogP contribution in [0, 0.1) is 6.92 Å². The molecule has 0 saturated carbocycles. The molecule has 0 fully saturated rings. The van der Waals surface area contributed by atoms with E-state index >= 15 is 0 Å². The van der Waals surface area contributed by atoms with Crippen LogP contribution in [-0.2, 0) is 10.0 Å². The van der Waals surface area contributed by atoms with E-state index in [0.29, 0.717) is 17.8 Å². The standard InChI is InChI=1S/C11H18N2O2S/c1-3-4-7-16(14,15)13-11-6-5-9(2)8-10(11)12/h5-6,8,13H,3-4,7,12H2,1-2H3. The largest absolute Gasteiger partial charge is 0.397 e. The maximum Gasteiger partial charge on any atom is 0.232 e. The quantitative estimate of drug-likeness (QED) is 0.777. The first-order valence-corrected chi connectivity index (χ1v) is 6.96. The van der Waals surface area contributed by atoms with Gasteiger partial charge in [0.15, 0.2) is 0 Å². The van der Waals surface area contributed by atoms with E-state index in [9.17, 15) is 8.42 Å². The zero-order valence-electron chi connectivity index (χ0n) is 9.66. The Morgan fingerprint density at radius 3 is 2.62 bits per heavy atom. The van der Waals surface area contributed by atoms with Gasteiger partial charge in [0.2, 0.25) is 10.0 Å². The Morgan fingerprint density at radius 2 is 2.06 bits per heavy atom. The lowest BCUT2D eigenvalue weighted by Crippen LogP contribution is -2.17. The molecule has 1 rings (SSSR count). The molecule has 90 valence electrons. The first-order chi connectivity index (χ1) is 7.44. The van der Waals surface area contributed by atoms with Crippen LogP contribution in [-0.4, -0.2) is 14.2 Å². The van der Waals surface area contributed by atoms with E-state index in [-0.39, 0.29) is 5.75 Å². The second-order valence-electron chi connectivity index (χ2n) is 3.87. The first-order valence-electron chi connectivity index (χ1n) is 5.31. The average molecular weight is 242 g/mol. The molecule has 3 N–H and O–H groups in total. The third kappa shape index (κ3) is 3.73. The Balaban J connectivity index is 2.80. The van der Waals surface area contributed by atoms with Crippen molar-refractivity contribution in [1.29, 1.82) is 0 Å². The number of benzene rings is 1. The van der Waals surface area contributed by atoms with E-state index in [1.807, 2.05) is 19.9 Å². The summed E-state index contributed by atoms with van der Waals surface area (Å²) in [5.74, 6) is 0.136. The molecule has 16 heavy (non-hydrogen) atoms. The maximum atomic E-state index is 11.6. The predicted octanol–water partition coefficient (Wildman–Crippen LogP) is 2.12. The fourth-order valence-electron chi connectivity index (χ4n) is 1.33. The van der Waals surface area contributed by atoms with Crippen LogP contribution in [0.5, 0.6) is 0 Å². The lowest BCUT2D eigenvalue weighted by atomic mass is 10.2. The summed E-state index contributed by atoms with van der Waals surface area (Å²) in [6.07, 6.45) is 1.51. The molecule has 0 amide bonds. The number of nitrogen functional groups attached to an aromatic ring is 1. The van der Waals surface area contributed by atoms with Gasteiger partial charge >= 0.3 is 0 Å². The summed E-state index contributed by atoms with van der Waals surface area (Å²) in [6.45, 7) is 3.86. The van der Waals surface area contributed by atoms with Crippen LogP contribution in [0.3, 0.4) is 0 Å². The normalized spacial score (nSPS) is 11.4. The molecular formula is C11H18N2O2S. The Labute approximate surface area is 96.9 Å². The number of hydrogen-bond donors (Lipinski definition) is 2. The van der Waals surface area contributed by atoms with Gasteiger partial charge in [-0.1, -0.05) is 19.4 Å². The fraction of sp³-hybridized carbons (Fsp3) is 0.455. The van der Waals surface area contributed by atoms with Gasteiger partial charge in [0.05, 0.1) is 17.1 Å². The van der Waals surface area contributed by atoms with Crippen molar-refractivity contribution in [3.05, 3.63) is 23.8 Å². The lowest BCUT2D eigenvalue weighted by Gasteiger charge is -2.10. The highest BCUT2D eigenvalue weighted by molar-refractivity contribution is 7.92. The number of aryl methyl sites for hydroxylation is 1. The Morgan fingerprint density at radius 1 is 1.38 bits per heavy atom. The van der Waals surface area contributed by atoms with Gasteiger partial charge in [0.25, 0.3) is 0 Å². The molecule has 0 unspecified atom stereocenters. The minimum atomic E-state index is -3.26. The zero-order chi connectivity index (χ0) is 12.2. The third-order valence-electron chi connectivity index (χ3n) is 2.24. The van der Waals surface area contributed by atoms with Crippen LogP contribution in [0.15, 0.2) is 18.2 Å². The molecule has 0 aliphatic heterocycles. The van der Waals surface area contributed by atoms with Gasteiger partial charge in [-0.15, -0.1) is 0 Å². The number of nitrogens with one attached hydrogen (secondary N) is 1. The van der Waals surface area contributed by atoms with Crippen molar-refractivity contribution < 1.29 is 8.42 Å². The highest BCUT2D eigenvalue weighted by atomic mass is 32.2. The zero-order valence-corrected chi connectivity index (χ0v) is 10.5. The van der Waals surface area contributed by atoms with E-state index < -0.39 is 10.0 Å². The topological polar surface area (TPSA) is 72.2 Å². The summed E-state index contributed by atoms with van der Waals surface area (Å²) >= 11 is 0. The summed E-state index contributed by atoms with van der Waals surface area (Å²) < 4.78 is 25.8. The maximum absolute atomic E-state index is 11.6. The molecule has 0 radical (unpaired) electrons. The molecular weight excluding hydrogens is 224 g/mol. The molecule has 5 heteroatoms. The van der Waals surface area contributed by atoms with Crippen molar-refractivity contribution in [3.63, 3.8) is 0 Å². The molecule has 0 aliphatic carbocycles. The highest BCUT2D eigenvalue weighted by Gasteiger charge is 2.11. The van der Waals surface area contributed by atoms with Crippen LogP contribution in [0.2, 0.25) is 0 Å². The van der Waals surface area contributed by atoms with Gasteiger partial charge in [0, 0.05) is 0 Å². The molecule has 1 aromatic carbocycles. The Bertz CT molecular complexity index is 455. The molecule has 0 spiro atoms. The number of hydrogen-bond acceptors (Lipinski definition) is 3. The van der Waals surface area contributed by atoms with Gasteiger partial charge in [-0.25, -0.2) is 8.42 Å². The van der Waals surface area contributed by atoms with Crippen molar-refractivity contribution in [2.45, 2.75) is 26.7 Å². The Hall–Kier alpha value is -1.23. The summed E-state index contributed by atoms with van der Waals surface area (Å²) in [5.41, 5.74) is 7.66. The number of rotatable bonds is 5. The second-order valence-corrected chi connectivity index (χ2v) is 5.71. The second kappa shape index (κ2) is 5.21. The average Bonchev–Trinajstić information content (AvgIpc) is 2.19. The highest BCUT2D eigenvalue weighted by Crippen LogP contribution is 2.20. The summed E-state index contributed by atoms with van der Waals surface area (Å²) in [7, 11) is -3.26. The van der Waals surface area contributed by atoms with Crippen LogP contribution in [0.25, 0.3) is 0 Å². The SMILES string of the molecule is CCCCS(=O)(=O)Nc1ccc(C)cc1N. The molecule has 0 aliphatic rings. The van der Waals surface area contributed by atoms with Gasteiger partial charge in [-0.05, 0) is 31.0 Å². The predicted molar refractivity (Wildman–Crippen MR) is 67.9 cm³/mol. The minimum absolute atomic E-state index is 0.136. The van der Waals surface area contributed by atoms with E-state index in [0.717, 1.165) is 12.0 Å². The van der Waals surface area contributed by atoms with E-state index in [2.05, 4.69) is 4.72 Å². The molecule has 0 saturated heterocycles. The lowest BCUT2D eigenvalue weighted by molar-refractivity contribution is 0.598. The van der Waals surface area contributed by atoms with Crippen LogP contribution in [0.1, 0.15) is 25.3 Å². The number of anilines is 2. The van der Waals surface area contributed by atoms with Gasteiger partial charge in [-0.2, -0.15) is 0 Å². The van der Waals surface area contributed by atoms with Crippen LogP contribution < -0.4 is 10.5 Å². The van der Waals surface area contributed by atoms with Crippen molar-refractivity contribution in [1.82, 2.24) is 0 Å². The molecule has 0 atom stereocenters.